The average Bonchev–Trinajstić information content (AvgIpc) is 2.79. The summed E-state index contributed by atoms with van der Waals surface area (Å²) in [6.45, 7) is 4.13. The third kappa shape index (κ3) is 5.25. The summed E-state index contributed by atoms with van der Waals surface area (Å²) in [7, 11) is -2.90. The van der Waals surface area contributed by atoms with Crippen LogP contribution in [-0.4, -0.2) is 50.5 Å². The van der Waals surface area contributed by atoms with Crippen molar-refractivity contribution < 1.29 is 8.42 Å². The summed E-state index contributed by atoms with van der Waals surface area (Å²) >= 11 is 0. The second kappa shape index (κ2) is 8.13. The number of nitrogens with zero attached hydrogens (tertiary/aromatic N) is 1. The molecule has 1 heterocycles. The lowest BCUT2D eigenvalue weighted by Gasteiger charge is -2.16. The van der Waals surface area contributed by atoms with Crippen LogP contribution in [-0.2, 0) is 9.84 Å². The minimum atomic E-state index is -2.90. The Morgan fingerprint density at radius 2 is 1.86 bits per heavy atom. The molecule has 1 aromatic rings. The Balaban J connectivity index is 0.00000220. The second-order valence-corrected chi connectivity index (χ2v) is 7.90. The van der Waals surface area contributed by atoms with E-state index in [2.05, 4.69) is 17.0 Å². The molecule has 1 saturated heterocycles. The zero-order valence-electron chi connectivity index (χ0n) is 12.4. The summed E-state index contributed by atoms with van der Waals surface area (Å²) in [5.74, 6) is 0.842. The van der Waals surface area contributed by atoms with Gasteiger partial charge in [-0.25, -0.2) is 8.42 Å². The van der Waals surface area contributed by atoms with Crippen molar-refractivity contribution in [1.29, 1.82) is 0 Å². The summed E-state index contributed by atoms with van der Waals surface area (Å²) in [4.78, 5) is 2.18. The summed E-state index contributed by atoms with van der Waals surface area (Å²) in [5, 5.41) is 0. The molecule has 2 atom stereocenters. The van der Waals surface area contributed by atoms with Crippen LogP contribution < -0.4 is 5.73 Å². The summed E-state index contributed by atoms with van der Waals surface area (Å²) < 4.78 is 23.5. The van der Waals surface area contributed by atoms with E-state index in [0.29, 0.717) is 18.9 Å². The smallest absolute Gasteiger partial charge is 0.151 e. The second-order valence-electron chi connectivity index (χ2n) is 5.59. The molecular formula is C15H25ClN2O2S. The van der Waals surface area contributed by atoms with Gasteiger partial charge in [-0.3, -0.25) is 0 Å². The highest BCUT2D eigenvalue weighted by atomic mass is 35.5. The highest BCUT2D eigenvalue weighted by Crippen LogP contribution is 2.26. The molecule has 0 aromatic heterocycles. The molecule has 4 nitrogen and oxygen atoms in total. The molecule has 21 heavy (non-hydrogen) atoms. The number of hydrogen-bond acceptors (Lipinski definition) is 4. The molecule has 0 bridgehead atoms. The van der Waals surface area contributed by atoms with Gasteiger partial charge in [-0.2, -0.15) is 0 Å². The first-order valence-electron chi connectivity index (χ1n) is 7.25. The number of rotatable bonds is 6. The number of nitrogens with two attached hydrogens (primary N) is 1. The van der Waals surface area contributed by atoms with Gasteiger partial charge in [0.05, 0.1) is 5.75 Å². The van der Waals surface area contributed by atoms with E-state index in [1.807, 2.05) is 25.1 Å². The van der Waals surface area contributed by atoms with Gasteiger partial charge < -0.3 is 10.6 Å². The molecule has 2 rings (SSSR count). The lowest BCUT2D eigenvalue weighted by Crippen LogP contribution is -2.31. The predicted molar refractivity (Wildman–Crippen MR) is 89.8 cm³/mol. The number of benzene rings is 1. The maximum absolute atomic E-state index is 11.8. The van der Waals surface area contributed by atoms with Gasteiger partial charge in [-0.15, -0.1) is 12.4 Å². The summed E-state index contributed by atoms with van der Waals surface area (Å²) in [6.07, 6.45) is 0.689. The van der Waals surface area contributed by atoms with Crippen LogP contribution in [0.15, 0.2) is 30.3 Å². The molecule has 0 spiro atoms. The van der Waals surface area contributed by atoms with Crippen molar-refractivity contribution >= 4 is 22.2 Å². The van der Waals surface area contributed by atoms with Crippen molar-refractivity contribution in [2.75, 3.05) is 31.1 Å². The van der Waals surface area contributed by atoms with Crippen molar-refractivity contribution in [3.63, 3.8) is 0 Å². The number of hydrogen-bond donors (Lipinski definition) is 1. The molecule has 0 amide bonds. The van der Waals surface area contributed by atoms with Gasteiger partial charge in [-0.05, 0) is 12.0 Å². The van der Waals surface area contributed by atoms with E-state index in [4.69, 9.17) is 5.73 Å². The first-order chi connectivity index (χ1) is 9.52. The highest BCUT2D eigenvalue weighted by Gasteiger charge is 2.31. The SMILES string of the molecule is CCCS(=O)(=O)CCN1C[C@@H](N)[C@H](c2ccccc2)C1.Cl. The molecule has 1 aromatic carbocycles. The fourth-order valence-electron chi connectivity index (χ4n) is 2.83. The van der Waals surface area contributed by atoms with E-state index in [0.717, 1.165) is 13.1 Å². The Labute approximate surface area is 134 Å². The lowest BCUT2D eigenvalue weighted by atomic mass is 9.95. The van der Waals surface area contributed by atoms with Crippen molar-refractivity contribution in [3.05, 3.63) is 35.9 Å². The van der Waals surface area contributed by atoms with Crippen LogP contribution in [0.4, 0.5) is 0 Å². The average molecular weight is 333 g/mol. The number of halogens is 1. The first-order valence-corrected chi connectivity index (χ1v) is 9.07. The maximum atomic E-state index is 11.8. The number of likely N-dealkylation sites (tertiary alicyclic amines) is 1. The van der Waals surface area contributed by atoms with Gasteiger partial charge in [0, 0.05) is 37.3 Å². The van der Waals surface area contributed by atoms with Crippen LogP contribution >= 0.6 is 12.4 Å². The van der Waals surface area contributed by atoms with E-state index in [1.54, 1.807) is 0 Å². The largest absolute Gasteiger partial charge is 0.326 e. The van der Waals surface area contributed by atoms with E-state index >= 15 is 0 Å². The fourth-order valence-corrected chi connectivity index (χ4v) is 4.19. The summed E-state index contributed by atoms with van der Waals surface area (Å²) in [5.41, 5.74) is 7.46. The van der Waals surface area contributed by atoms with Crippen LogP contribution in [0.1, 0.15) is 24.8 Å². The highest BCUT2D eigenvalue weighted by molar-refractivity contribution is 7.91. The topological polar surface area (TPSA) is 63.4 Å². The minimum absolute atomic E-state index is 0. The van der Waals surface area contributed by atoms with Crippen molar-refractivity contribution in [2.45, 2.75) is 25.3 Å². The molecule has 0 unspecified atom stereocenters. The van der Waals surface area contributed by atoms with E-state index < -0.39 is 9.84 Å². The molecule has 1 aliphatic rings. The Kier molecular flexibility index (Phi) is 7.13. The van der Waals surface area contributed by atoms with Gasteiger partial charge in [0.15, 0.2) is 9.84 Å². The standard InChI is InChI=1S/C15H24N2O2S.ClH/c1-2-9-20(18,19)10-8-17-11-14(15(16)12-17)13-6-4-3-5-7-13;/h3-7,14-15H,2,8-12,16H2,1H3;1H/t14-,15+;/m0./s1. The van der Waals surface area contributed by atoms with Gasteiger partial charge in [0.1, 0.15) is 0 Å². The predicted octanol–water partition coefficient (Wildman–Crippen LogP) is 1.66. The molecule has 0 radical (unpaired) electrons. The Bertz CT molecular complexity index is 522. The molecule has 2 N–H and O–H groups in total. The third-order valence-corrected chi connectivity index (χ3v) is 5.74. The molecular weight excluding hydrogens is 308 g/mol. The molecule has 120 valence electrons. The Morgan fingerprint density at radius 3 is 2.48 bits per heavy atom. The summed E-state index contributed by atoms with van der Waals surface area (Å²) in [6, 6.07) is 10.3. The molecule has 1 aliphatic heterocycles. The van der Waals surface area contributed by atoms with E-state index in [1.165, 1.54) is 5.56 Å². The number of sulfone groups is 1. The quantitative estimate of drug-likeness (QED) is 0.860. The molecule has 1 fully saturated rings. The maximum Gasteiger partial charge on any atom is 0.151 e. The zero-order chi connectivity index (χ0) is 14.6. The zero-order valence-corrected chi connectivity index (χ0v) is 14.1. The van der Waals surface area contributed by atoms with Gasteiger partial charge in [-0.1, -0.05) is 37.3 Å². The molecule has 0 saturated carbocycles. The van der Waals surface area contributed by atoms with Crippen LogP contribution in [0.2, 0.25) is 0 Å². The van der Waals surface area contributed by atoms with E-state index in [9.17, 15) is 8.42 Å². The Hall–Kier alpha value is -0.620. The monoisotopic (exact) mass is 332 g/mol. The Morgan fingerprint density at radius 1 is 1.19 bits per heavy atom. The molecule has 6 heteroatoms. The molecule has 0 aliphatic carbocycles. The van der Waals surface area contributed by atoms with E-state index in [-0.39, 0.29) is 30.0 Å². The van der Waals surface area contributed by atoms with Crippen LogP contribution in [0.5, 0.6) is 0 Å². The minimum Gasteiger partial charge on any atom is -0.326 e. The van der Waals surface area contributed by atoms with Gasteiger partial charge in [0.25, 0.3) is 0 Å². The van der Waals surface area contributed by atoms with Crippen LogP contribution in [0.25, 0.3) is 0 Å². The van der Waals surface area contributed by atoms with Gasteiger partial charge in [0.2, 0.25) is 0 Å². The first kappa shape index (κ1) is 18.4. The van der Waals surface area contributed by atoms with Crippen LogP contribution in [0, 0.1) is 0 Å². The van der Waals surface area contributed by atoms with Crippen molar-refractivity contribution in [2.24, 2.45) is 5.73 Å². The van der Waals surface area contributed by atoms with Crippen molar-refractivity contribution in [1.82, 2.24) is 4.90 Å². The van der Waals surface area contributed by atoms with Gasteiger partial charge >= 0.3 is 0 Å². The van der Waals surface area contributed by atoms with Crippen molar-refractivity contribution in [3.8, 4) is 0 Å². The lowest BCUT2D eigenvalue weighted by molar-refractivity contribution is 0.351. The van der Waals surface area contributed by atoms with Crippen LogP contribution in [0.3, 0.4) is 0 Å². The normalized spacial score (nSPS) is 23.0. The third-order valence-electron chi connectivity index (χ3n) is 3.90. The fraction of sp³-hybridized carbons (Fsp3) is 0.600.